The summed E-state index contributed by atoms with van der Waals surface area (Å²) < 4.78 is 6.04. The van der Waals surface area contributed by atoms with E-state index in [1.807, 2.05) is 19.1 Å². The lowest BCUT2D eigenvalue weighted by molar-refractivity contribution is 0.407. The van der Waals surface area contributed by atoms with E-state index >= 15 is 0 Å². The van der Waals surface area contributed by atoms with Crippen LogP contribution in [0.25, 0.3) is 11.0 Å². The summed E-state index contributed by atoms with van der Waals surface area (Å²) in [5.41, 5.74) is 2.05. The van der Waals surface area contributed by atoms with E-state index in [2.05, 4.69) is 25.2 Å². The number of hydrogen-bond acceptors (Lipinski definition) is 2. The summed E-state index contributed by atoms with van der Waals surface area (Å²) in [6.45, 7) is 7.43. The molecular weight excluding hydrogens is 258 g/mol. The zero-order valence-corrected chi connectivity index (χ0v) is 12.7. The maximum Gasteiger partial charge on any atom is 0.137 e. The summed E-state index contributed by atoms with van der Waals surface area (Å²) >= 11 is 6.10. The van der Waals surface area contributed by atoms with Crippen molar-refractivity contribution >= 4 is 22.6 Å². The van der Waals surface area contributed by atoms with E-state index in [-0.39, 0.29) is 0 Å². The SMILES string of the molecule is CCCNC(CCC)c1cc2cc(Cl)cc(C)c2o1. The molecule has 0 amide bonds. The van der Waals surface area contributed by atoms with E-state index in [4.69, 9.17) is 16.0 Å². The molecule has 2 rings (SSSR count). The summed E-state index contributed by atoms with van der Waals surface area (Å²) in [5, 5.41) is 5.42. The van der Waals surface area contributed by atoms with Gasteiger partial charge in [0, 0.05) is 10.4 Å². The first kappa shape index (κ1) is 14.4. The summed E-state index contributed by atoms with van der Waals surface area (Å²) in [6, 6.07) is 6.35. The van der Waals surface area contributed by atoms with Crippen molar-refractivity contribution in [3.05, 3.63) is 34.5 Å². The van der Waals surface area contributed by atoms with Crippen molar-refractivity contribution < 1.29 is 4.42 Å². The van der Waals surface area contributed by atoms with Gasteiger partial charge >= 0.3 is 0 Å². The number of benzene rings is 1. The number of fused-ring (bicyclic) bond motifs is 1. The van der Waals surface area contributed by atoms with Crippen LogP contribution in [0.15, 0.2) is 22.6 Å². The van der Waals surface area contributed by atoms with Gasteiger partial charge in [0.05, 0.1) is 6.04 Å². The summed E-state index contributed by atoms with van der Waals surface area (Å²) in [4.78, 5) is 0. The predicted molar refractivity (Wildman–Crippen MR) is 81.9 cm³/mol. The number of furan rings is 1. The number of halogens is 1. The van der Waals surface area contributed by atoms with Crippen LogP contribution in [-0.4, -0.2) is 6.54 Å². The predicted octanol–water partition coefficient (Wildman–Crippen LogP) is 5.24. The first-order valence-corrected chi connectivity index (χ1v) is 7.46. The molecule has 3 heteroatoms. The van der Waals surface area contributed by atoms with Crippen LogP contribution in [0.4, 0.5) is 0 Å². The molecule has 2 aromatic rings. The van der Waals surface area contributed by atoms with E-state index in [0.717, 1.165) is 53.1 Å². The summed E-state index contributed by atoms with van der Waals surface area (Å²) in [7, 11) is 0. The molecule has 0 saturated heterocycles. The van der Waals surface area contributed by atoms with Gasteiger partial charge in [0.15, 0.2) is 0 Å². The summed E-state index contributed by atoms with van der Waals surface area (Å²) in [6.07, 6.45) is 3.36. The smallest absolute Gasteiger partial charge is 0.137 e. The normalized spacial score (nSPS) is 13.1. The number of rotatable bonds is 6. The third-order valence-electron chi connectivity index (χ3n) is 3.35. The standard InChI is InChI=1S/C16H22ClNO/c1-4-6-14(18-7-5-2)15-10-12-9-13(17)8-11(3)16(12)19-15/h8-10,14,18H,4-7H2,1-3H3. The van der Waals surface area contributed by atoms with Crippen LogP contribution >= 0.6 is 11.6 Å². The Kier molecular flexibility index (Phi) is 4.89. The molecule has 0 bridgehead atoms. The van der Waals surface area contributed by atoms with Crippen LogP contribution in [0.2, 0.25) is 5.02 Å². The highest BCUT2D eigenvalue weighted by Crippen LogP contribution is 2.30. The second kappa shape index (κ2) is 6.44. The average Bonchev–Trinajstić information content (AvgIpc) is 2.78. The molecule has 0 aliphatic heterocycles. The van der Waals surface area contributed by atoms with Gasteiger partial charge in [0.1, 0.15) is 11.3 Å². The largest absolute Gasteiger partial charge is 0.459 e. The van der Waals surface area contributed by atoms with E-state index < -0.39 is 0 Å². The van der Waals surface area contributed by atoms with Gasteiger partial charge in [-0.3, -0.25) is 0 Å². The van der Waals surface area contributed by atoms with Crippen molar-refractivity contribution in [2.24, 2.45) is 0 Å². The second-order valence-electron chi connectivity index (χ2n) is 5.09. The third-order valence-corrected chi connectivity index (χ3v) is 3.57. The van der Waals surface area contributed by atoms with Gasteiger partial charge in [0.2, 0.25) is 0 Å². The van der Waals surface area contributed by atoms with Crippen molar-refractivity contribution in [1.29, 1.82) is 0 Å². The minimum Gasteiger partial charge on any atom is -0.459 e. The molecule has 19 heavy (non-hydrogen) atoms. The zero-order valence-electron chi connectivity index (χ0n) is 11.9. The highest BCUT2D eigenvalue weighted by Gasteiger charge is 2.16. The van der Waals surface area contributed by atoms with Crippen molar-refractivity contribution in [3.63, 3.8) is 0 Å². The highest BCUT2D eigenvalue weighted by molar-refractivity contribution is 6.31. The Hall–Kier alpha value is -0.990. The average molecular weight is 280 g/mol. The number of nitrogens with one attached hydrogen (secondary N) is 1. The molecule has 1 unspecified atom stereocenters. The van der Waals surface area contributed by atoms with Gasteiger partial charge in [0.25, 0.3) is 0 Å². The van der Waals surface area contributed by atoms with E-state index in [9.17, 15) is 0 Å². The molecule has 0 spiro atoms. The molecule has 1 atom stereocenters. The fourth-order valence-corrected chi connectivity index (χ4v) is 2.71. The summed E-state index contributed by atoms with van der Waals surface area (Å²) in [5.74, 6) is 1.02. The van der Waals surface area contributed by atoms with Crippen LogP contribution < -0.4 is 5.32 Å². The second-order valence-corrected chi connectivity index (χ2v) is 5.52. The Morgan fingerprint density at radius 3 is 2.68 bits per heavy atom. The minimum atomic E-state index is 0.301. The third kappa shape index (κ3) is 3.31. The Morgan fingerprint density at radius 2 is 2.00 bits per heavy atom. The van der Waals surface area contributed by atoms with Gasteiger partial charge < -0.3 is 9.73 Å². The molecular formula is C16H22ClNO. The van der Waals surface area contributed by atoms with Gasteiger partial charge in [-0.1, -0.05) is 31.9 Å². The van der Waals surface area contributed by atoms with Gasteiger partial charge in [-0.05, 0) is 50.1 Å². The van der Waals surface area contributed by atoms with Crippen LogP contribution in [0.5, 0.6) is 0 Å². The van der Waals surface area contributed by atoms with Crippen molar-refractivity contribution in [3.8, 4) is 0 Å². The molecule has 0 radical (unpaired) electrons. The molecule has 0 fully saturated rings. The van der Waals surface area contributed by atoms with Gasteiger partial charge in [-0.15, -0.1) is 0 Å². The minimum absolute atomic E-state index is 0.301. The molecule has 1 heterocycles. The van der Waals surface area contributed by atoms with Gasteiger partial charge in [-0.2, -0.15) is 0 Å². The fourth-order valence-electron chi connectivity index (χ4n) is 2.43. The zero-order chi connectivity index (χ0) is 13.8. The maximum absolute atomic E-state index is 6.10. The lowest BCUT2D eigenvalue weighted by atomic mass is 10.1. The molecule has 1 aromatic carbocycles. The van der Waals surface area contributed by atoms with Crippen LogP contribution in [0.3, 0.4) is 0 Å². The van der Waals surface area contributed by atoms with Crippen LogP contribution in [0, 0.1) is 6.92 Å². The number of hydrogen-bond donors (Lipinski definition) is 1. The molecule has 0 aliphatic carbocycles. The Balaban J connectivity index is 2.34. The van der Waals surface area contributed by atoms with Crippen LogP contribution in [-0.2, 0) is 0 Å². The van der Waals surface area contributed by atoms with E-state index in [0.29, 0.717) is 6.04 Å². The Bertz CT molecular complexity index is 547. The maximum atomic E-state index is 6.10. The monoisotopic (exact) mass is 279 g/mol. The molecule has 2 nitrogen and oxygen atoms in total. The highest BCUT2D eigenvalue weighted by atomic mass is 35.5. The van der Waals surface area contributed by atoms with E-state index in [1.54, 1.807) is 0 Å². The Morgan fingerprint density at radius 1 is 1.21 bits per heavy atom. The molecule has 0 aliphatic rings. The molecule has 104 valence electrons. The van der Waals surface area contributed by atoms with Crippen molar-refractivity contribution in [1.82, 2.24) is 5.32 Å². The van der Waals surface area contributed by atoms with Crippen molar-refractivity contribution in [2.45, 2.75) is 46.1 Å². The molecule has 1 aromatic heterocycles. The first-order chi connectivity index (χ1) is 9.15. The quantitative estimate of drug-likeness (QED) is 0.783. The first-order valence-electron chi connectivity index (χ1n) is 7.08. The van der Waals surface area contributed by atoms with Crippen LogP contribution in [0.1, 0.15) is 50.5 Å². The molecule has 0 saturated carbocycles. The van der Waals surface area contributed by atoms with Gasteiger partial charge in [-0.25, -0.2) is 0 Å². The number of aryl methyl sites for hydroxylation is 1. The van der Waals surface area contributed by atoms with Crippen molar-refractivity contribution in [2.75, 3.05) is 6.54 Å². The lowest BCUT2D eigenvalue weighted by Crippen LogP contribution is -2.21. The Labute approximate surface area is 120 Å². The lowest BCUT2D eigenvalue weighted by Gasteiger charge is -2.14. The topological polar surface area (TPSA) is 25.2 Å². The van der Waals surface area contributed by atoms with E-state index in [1.165, 1.54) is 0 Å². The molecule has 1 N–H and O–H groups in total. The fraction of sp³-hybridized carbons (Fsp3) is 0.500.